The van der Waals surface area contributed by atoms with Gasteiger partial charge in [-0.05, 0) is 24.1 Å². The van der Waals surface area contributed by atoms with Crippen LogP contribution in [0.4, 0.5) is 4.39 Å². The van der Waals surface area contributed by atoms with E-state index < -0.39 is 0 Å². The fourth-order valence-electron chi connectivity index (χ4n) is 2.07. The highest BCUT2D eigenvalue weighted by Gasteiger charge is 2.15. The molecule has 106 valence electrons. The Morgan fingerprint density at radius 1 is 1.35 bits per heavy atom. The van der Waals surface area contributed by atoms with Crippen molar-refractivity contribution in [1.82, 2.24) is 9.55 Å². The third-order valence-corrected chi connectivity index (χ3v) is 3.44. The number of aldehydes is 1. The lowest BCUT2D eigenvalue weighted by molar-refractivity contribution is 0.111. The summed E-state index contributed by atoms with van der Waals surface area (Å²) in [7, 11) is 0. The van der Waals surface area contributed by atoms with Crippen molar-refractivity contribution in [2.24, 2.45) is 0 Å². The summed E-state index contributed by atoms with van der Waals surface area (Å²) in [6, 6.07) is 6.20. The van der Waals surface area contributed by atoms with Gasteiger partial charge in [-0.1, -0.05) is 37.1 Å². The predicted molar refractivity (Wildman–Crippen MR) is 76.7 cm³/mol. The van der Waals surface area contributed by atoms with E-state index >= 15 is 0 Å². The highest BCUT2D eigenvalue weighted by molar-refractivity contribution is 6.31. The number of hydrogen-bond acceptors (Lipinski definition) is 2. The number of nitrogens with zero attached hydrogens (tertiary/aromatic N) is 2. The molecule has 3 nitrogen and oxygen atoms in total. The second-order valence-electron chi connectivity index (χ2n) is 4.64. The molecule has 0 bridgehead atoms. The number of aryl methyl sites for hydroxylation is 1. The lowest BCUT2D eigenvalue weighted by atomic mass is 10.2. The van der Waals surface area contributed by atoms with Crippen molar-refractivity contribution in [3.8, 4) is 0 Å². The molecule has 5 heteroatoms. The lowest BCUT2D eigenvalue weighted by Crippen LogP contribution is -2.08. The van der Waals surface area contributed by atoms with Crippen LogP contribution in [0, 0.1) is 5.82 Å². The molecular weight excluding hydrogens is 279 g/mol. The molecule has 0 radical (unpaired) electrons. The maximum absolute atomic E-state index is 12.9. The molecule has 0 amide bonds. The van der Waals surface area contributed by atoms with Gasteiger partial charge in [0.2, 0.25) is 0 Å². The molecule has 0 aliphatic carbocycles. The second-order valence-corrected chi connectivity index (χ2v) is 5.00. The van der Waals surface area contributed by atoms with Gasteiger partial charge in [0.05, 0.1) is 0 Å². The van der Waals surface area contributed by atoms with Gasteiger partial charge in [-0.3, -0.25) is 4.79 Å². The Morgan fingerprint density at radius 2 is 2.05 bits per heavy atom. The molecule has 0 fully saturated rings. The molecule has 0 aliphatic heterocycles. The maximum Gasteiger partial charge on any atom is 0.169 e. The van der Waals surface area contributed by atoms with Crippen molar-refractivity contribution in [3.05, 3.63) is 52.3 Å². The maximum atomic E-state index is 12.9. The summed E-state index contributed by atoms with van der Waals surface area (Å²) in [5, 5.41) is 0.230. The monoisotopic (exact) mass is 294 g/mol. The van der Waals surface area contributed by atoms with Crippen LogP contribution in [-0.2, 0) is 13.0 Å². The molecule has 0 unspecified atom stereocenters. The van der Waals surface area contributed by atoms with Gasteiger partial charge in [-0.15, -0.1) is 0 Å². The molecule has 1 aromatic heterocycles. The van der Waals surface area contributed by atoms with Crippen molar-refractivity contribution >= 4 is 17.9 Å². The van der Waals surface area contributed by atoms with E-state index in [9.17, 15) is 9.18 Å². The van der Waals surface area contributed by atoms with E-state index in [2.05, 4.69) is 11.9 Å². The number of halogens is 2. The normalized spacial score (nSPS) is 10.8. The Morgan fingerprint density at radius 3 is 2.65 bits per heavy atom. The Bertz CT molecular complexity index is 593. The molecular formula is C15H16ClFN2O. The molecule has 0 saturated carbocycles. The number of aromatic nitrogens is 2. The van der Waals surface area contributed by atoms with Gasteiger partial charge in [0.1, 0.15) is 17.3 Å². The van der Waals surface area contributed by atoms with E-state index in [0.717, 1.165) is 30.7 Å². The smallest absolute Gasteiger partial charge is 0.169 e. The molecule has 0 spiro atoms. The van der Waals surface area contributed by atoms with Gasteiger partial charge >= 0.3 is 0 Å². The number of rotatable bonds is 6. The number of benzene rings is 1. The van der Waals surface area contributed by atoms with Crippen molar-refractivity contribution in [3.63, 3.8) is 0 Å². The third-order valence-electron chi connectivity index (χ3n) is 3.16. The quantitative estimate of drug-likeness (QED) is 0.758. The largest absolute Gasteiger partial charge is 0.320 e. The summed E-state index contributed by atoms with van der Waals surface area (Å²) in [4.78, 5) is 15.4. The molecule has 0 atom stereocenters. The second kappa shape index (κ2) is 6.66. The summed E-state index contributed by atoms with van der Waals surface area (Å²) in [6.45, 7) is 2.56. The van der Waals surface area contributed by atoms with Gasteiger partial charge in [0, 0.05) is 13.0 Å². The summed E-state index contributed by atoms with van der Waals surface area (Å²) in [5.74, 6) is 0.516. The van der Waals surface area contributed by atoms with Gasteiger partial charge in [0.15, 0.2) is 11.4 Å². The van der Waals surface area contributed by atoms with E-state index in [1.165, 1.54) is 12.1 Å². The van der Waals surface area contributed by atoms with E-state index in [1.54, 1.807) is 16.7 Å². The van der Waals surface area contributed by atoms with E-state index in [4.69, 9.17) is 11.6 Å². The topological polar surface area (TPSA) is 34.9 Å². The van der Waals surface area contributed by atoms with E-state index in [-0.39, 0.29) is 11.0 Å². The molecule has 2 rings (SSSR count). The van der Waals surface area contributed by atoms with Crippen LogP contribution in [0.3, 0.4) is 0 Å². The number of hydrogen-bond donors (Lipinski definition) is 0. The van der Waals surface area contributed by atoms with Crippen LogP contribution < -0.4 is 0 Å². The first kappa shape index (κ1) is 14.7. The number of imidazole rings is 1. The summed E-state index contributed by atoms with van der Waals surface area (Å²) >= 11 is 6.00. The Balaban J connectivity index is 2.32. The number of carbonyl (C=O) groups excluding carboxylic acids is 1. The minimum absolute atomic E-state index is 0.230. The van der Waals surface area contributed by atoms with Crippen LogP contribution >= 0.6 is 11.6 Å². The van der Waals surface area contributed by atoms with Crippen LogP contribution in [0.2, 0.25) is 5.15 Å². The standard InChI is InChI=1S/C15H16ClFN2O/c1-2-3-4-14-18-15(16)13(10-20)19(14)9-11-5-7-12(17)8-6-11/h5-8,10H,2-4,9H2,1H3. The Labute approximate surface area is 122 Å². The van der Waals surface area contributed by atoms with Crippen LogP contribution in [0.1, 0.15) is 41.6 Å². The van der Waals surface area contributed by atoms with E-state index in [0.29, 0.717) is 18.5 Å². The zero-order valence-electron chi connectivity index (χ0n) is 11.3. The summed E-state index contributed by atoms with van der Waals surface area (Å²) in [6.07, 6.45) is 3.51. The Hall–Kier alpha value is -1.68. The Kier molecular flexibility index (Phi) is 4.90. The summed E-state index contributed by atoms with van der Waals surface area (Å²) in [5.41, 5.74) is 1.28. The van der Waals surface area contributed by atoms with E-state index in [1.807, 2.05) is 0 Å². The van der Waals surface area contributed by atoms with Crippen molar-refractivity contribution in [2.75, 3.05) is 0 Å². The van der Waals surface area contributed by atoms with Gasteiger partial charge in [-0.25, -0.2) is 9.37 Å². The first-order valence-corrected chi connectivity index (χ1v) is 6.98. The minimum Gasteiger partial charge on any atom is -0.320 e. The number of carbonyl (C=O) groups is 1. The van der Waals surface area contributed by atoms with Crippen molar-refractivity contribution in [2.45, 2.75) is 32.7 Å². The van der Waals surface area contributed by atoms with Crippen molar-refractivity contribution < 1.29 is 9.18 Å². The van der Waals surface area contributed by atoms with Gasteiger partial charge in [-0.2, -0.15) is 0 Å². The average molecular weight is 295 g/mol. The third kappa shape index (κ3) is 3.25. The first-order valence-electron chi connectivity index (χ1n) is 6.60. The van der Waals surface area contributed by atoms with Crippen LogP contribution in [-0.4, -0.2) is 15.8 Å². The highest BCUT2D eigenvalue weighted by atomic mass is 35.5. The highest BCUT2D eigenvalue weighted by Crippen LogP contribution is 2.19. The molecule has 0 saturated heterocycles. The van der Waals surface area contributed by atoms with Crippen LogP contribution in [0.15, 0.2) is 24.3 Å². The average Bonchev–Trinajstić information content (AvgIpc) is 2.74. The van der Waals surface area contributed by atoms with Crippen LogP contribution in [0.25, 0.3) is 0 Å². The lowest BCUT2D eigenvalue weighted by Gasteiger charge is -2.09. The fourth-order valence-corrected chi connectivity index (χ4v) is 2.31. The molecule has 0 aliphatic rings. The minimum atomic E-state index is -0.278. The first-order chi connectivity index (χ1) is 9.65. The van der Waals surface area contributed by atoms with Gasteiger partial charge < -0.3 is 4.57 Å². The van der Waals surface area contributed by atoms with Gasteiger partial charge in [0.25, 0.3) is 0 Å². The number of unbranched alkanes of at least 4 members (excludes halogenated alkanes) is 1. The molecule has 20 heavy (non-hydrogen) atoms. The zero-order valence-corrected chi connectivity index (χ0v) is 12.0. The van der Waals surface area contributed by atoms with Crippen LogP contribution in [0.5, 0.6) is 0 Å². The zero-order chi connectivity index (χ0) is 14.5. The molecule has 2 aromatic rings. The molecule has 0 N–H and O–H groups in total. The molecule has 1 heterocycles. The predicted octanol–water partition coefficient (Wildman–Crippen LogP) is 3.88. The molecule has 1 aromatic carbocycles. The fraction of sp³-hybridized carbons (Fsp3) is 0.333. The SMILES string of the molecule is CCCCc1nc(Cl)c(C=O)n1Cc1ccc(F)cc1. The van der Waals surface area contributed by atoms with Crippen molar-refractivity contribution in [1.29, 1.82) is 0 Å². The summed E-state index contributed by atoms with van der Waals surface area (Å²) < 4.78 is 14.7.